The summed E-state index contributed by atoms with van der Waals surface area (Å²) < 4.78 is 37.5. The van der Waals surface area contributed by atoms with Gasteiger partial charge in [0.25, 0.3) is 10.0 Å². The Morgan fingerprint density at radius 1 is 1.10 bits per heavy atom. The third-order valence-corrected chi connectivity index (χ3v) is 4.57. The average molecular weight is 350 g/mol. The van der Waals surface area contributed by atoms with Gasteiger partial charge in [-0.15, -0.1) is 0 Å². The van der Waals surface area contributed by atoms with Crippen molar-refractivity contribution in [3.8, 4) is 0 Å². The van der Waals surface area contributed by atoms with Gasteiger partial charge in [0.15, 0.2) is 5.82 Å². The van der Waals surface area contributed by atoms with Crippen molar-refractivity contribution in [2.45, 2.75) is 11.5 Å². The van der Waals surface area contributed by atoms with Gasteiger partial charge < -0.3 is 0 Å². The van der Waals surface area contributed by atoms with Crippen LogP contribution >= 0.6 is 23.2 Å². The standard InChI is InChI=1S/C13H10Cl2FNO3S/c14-10-6-7-11(12(15)13(10)16)21(18,19)17-20-8-9-4-2-1-3-5-9/h1-7,17H,8H2. The molecule has 0 aliphatic rings. The molecular weight excluding hydrogens is 340 g/mol. The molecule has 0 saturated heterocycles. The van der Waals surface area contributed by atoms with Crippen molar-refractivity contribution in [1.82, 2.24) is 4.89 Å². The molecule has 0 saturated carbocycles. The molecule has 112 valence electrons. The first-order valence-corrected chi connectivity index (χ1v) is 7.97. The van der Waals surface area contributed by atoms with Crippen molar-refractivity contribution in [2.75, 3.05) is 0 Å². The van der Waals surface area contributed by atoms with Crippen LogP contribution in [0.5, 0.6) is 0 Å². The number of halogens is 3. The normalized spacial score (nSPS) is 11.6. The molecule has 0 aromatic heterocycles. The maximum Gasteiger partial charge on any atom is 0.264 e. The van der Waals surface area contributed by atoms with Gasteiger partial charge in [0.2, 0.25) is 0 Å². The van der Waals surface area contributed by atoms with Crippen molar-refractivity contribution in [1.29, 1.82) is 0 Å². The summed E-state index contributed by atoms with van der Waals surface area (Å²) >= 11 is 11.2. The van der Waals surface area contributed by atoms with E-state index in [9.17, 15) is 12.8 Å². The van der Waals surface area contributed by atoms with E-state index in [1.54, 1.807) is 24.3 Å². The van der Waals surface area contributed by atoms with Crippen LogP contribution in [0.3, 0.4) is 0 Å². The lowest BCUT2D eigenvalue weighted by Gasteiger charge is -2.09. The van der Waals surface area contributed by atoms with Crippen LogP contribution in [-0.2, 0) is 21.5 Å². The van der Waals surface area contributed by atoms with Crippen LogP contribution in [0.15, 0.2) is 47.4 Å². The lowest BCUT2D eigenvalue weighted by atomic mass is 10.2. The van der Waals surface area contributed by atoms with E-state index in [-0.39, 0.29) is 11.6 Å². The molecule has 2 aromatic carbocycles. The Hall–Kier alpha value is -1.18. The highest BCUT2D eigenvalue weighted by Crippen LogP contribution is 2.29. The highest BCUT2D eigenvalue weighted by molar-refractivity contribution is 7.89. The Kier molecular flexibility index (Phi) is 5.18. The van der Waals surface area contributed by atoms with Crippen molar-refractivity contribution < 1.29 is 17.6 Å². The maximum absolute atomic E-state index is 13.5. The molecule has 4 nitrogen and oxygen atoms in total. The first-order chi connectivity index (χ1) is 9.92. The third kappa shape index (κ3) is 3.93. The van der Waals surface area contributed by atoms with Gasteiger partial charge >= 0.3 is 0 Å². The molecule has 0 bridgehead atoms. The third-order valence-electron chi connectivity index (χ3n) is 2.54. The molecule has 0 heterocycles. The number of sulfonamides is 1. The SMILES string of the molecule is O=S(=O)(NOCc1ccccc1)c1ccc(Cl)c(F)c1Cl. The monoisotopic (exact) mass is 349 g/mol. The van der Waals surface area contributed by atoms with Crippen molar-refractivity contribution >= 4 is 33.2 Å². The van der Waals surface area contributed by atoms with E-state index >= 15 is 0 Å². The second-order valence-corrected chi connectivity index (χ2v) is 6.43. The zero-order valence-electron chi connectivity index (χ0n) is 10.5. The van der Waals surface area contributed by atoms with Crippen LogP contribution in [0.1, 0.15) is 5.56 Å². The predicted molar refractivity (Wildman–Crippen MR) is 78.0 cm³/mol. The lowest BCUT2D eigenvalue weighted by molar-refractivity contribution is 0.0795. The van der Waals surface area contributed by atoms with E-state index in [1.807, 2.05) is 11.0 Å². The first kappa shape index (κ1) is 16.2. The summed E-state index contributed by atoms with van der Waals surface area (Å²) in [5.74, 6) is -0.996. The topological polar surface area (TPSA) is 55.4 Å². The van der Waals surface area contributed by atoms with Crippen LogP contribution in [0, 0.1) is 5.82 Å². The van der Waals surface area contributed by atoms with Gasteiger partial charge in [0.1, 0.15) is 4.90 Å². The minimum Gasteiger partial charge on any atom is -0.282 e. The summed E-state index contributed by atoms with van der Waals surface area (Å²) in [5.41, 5.74) is 0.772. The van der Waals surface area contributed by atoms with E-state index in [2.05, 4.69) is 0 Å². The van der Waals surface area contributed by atoms with Crippen molar-refractivity contribution in [2.24, 2.45) is 0 Å². The van der Waals surface area contributed by atoms with E-state index < -0.39 is 25.8 Å². The van der Waals surface area contributed by atoms with Gasteiger partial charge in [-0.25, -0.2) is 12.8 Å². The van der Waals surface area contributed by atoms with E-state index in [0.29, 0.717) is 0 Å². The zero-order chi connectivity index (χ0) is 15.5. The highest BCUT2D eigenvalue weighted by atomic mass is 35.5. The molecule has 0 aliphatic carbocycles. The molecule has 0 spiro atoms. The van der Waals surface area contributed by atoms with Crippen LogP contribution in [0.2, 0.25) is 10.0 Å². The van der Waals surface area contributed by atoms with Crippen molar-refractivity contribution in [3.05, 3.63) is 63.9 Å². The van der Waals surface area contributed by atoms with Gasteiger partial charge in [-0.1, -0.05) is 58.4 Å². The summed E-state index contributed by atoms with van der Waals surface area (Å²) in [6.07, 6.45) is 0. The lowest BCUT2D eigenvalue weighted by Crippen LogP contribution is -2.24. The molecule has 0 atom stereocenters. The highest BCUT2D eigenvalue weighted by Gasteiger charge is 2.22. The summed E-state index contributed by atoms with van der Waals surface area (Å²) in [6, 6.07) is 11.1. The molecule has 8 heteroatoms. The van der Waals surface area contributed by atoms with Gasteiger partial charge in [-0.3, -0.25) is 4.84 Å². The number of nitrogens with one attached hydrogen (secondary N) is 1. The summed E-state index contributed by atoms with van der Waals surface area (Å²) in [7, 11) is -4.10. The first-order valence-electron chi connectivity index (χ1n) is 5.73. The Morgan fingerprint density at radius 3 is 2.43 bits per heavy atom. The van der Waals surface area contributed by atoms with E-state index in [1.165, 1.54) is 0 Å². The molecule has 2 aromatic rings. The number of rotatable bonds is 5. The second kappa shape index (κ2) is 6.72. The fraction of sp³-hybridized carbons (Fsp3) is 0.0769. The molecule has 0 radical (unpaired) electrons. The Bertz CT molecular complexity index is 739. The second-order valence-electron chi connectivity index (χ2n) is 4.03. The smallest absolute Gasteiger partial charge is 0.264 e. The van der Waals surface area contributed by atoms with Crippen LogP contribution < -0.4 is 4.89 Å². The fourth-order valence-electron chi connectivity index (χ4n) is 1.53. The van der Waals surface area contributed by atoms with Crippen LogP contribution in [0.25, 0.3) is 0 Å². The molecule has 0 fully saturated rings. The van der Waals surface area contributed by atoms with E-state index in [4.69, 9.17) is 28.0 Å². The molecule has 0 aliphatic heterocycles. The summed E-state index contributed by atoms with van der Waals surface area (Å²) in [6.45, 7) is 0.0216. The molecule has 0 amide bonds. The van der Waals surface area contributed by atoms with Gasteiger partial charge in [-0.2, -0.15) is 0 Å². The number of hydrogen-bond donors (Lipinski definition) is 1. The van der Waals surface area contributed by atoms with Gasteiger partial charge in [0, 0.05) is 0 Å². The number of hydrogen-bond acceptors (Lipinski definition) is 3. The molecule has 1 N–H and O–H groups in total. The summed E-state index contributed by atoms with van der Waals surface area (Å²) in [4.78, 5) is 6.36. The minimum absolute atomic E-state index is 0.0216. The molecule has 21 heavy (non-hydrogen) atoms. The zero-order valence-corrected chi connectivity index (χ0v) is 12.8. The molecule has 0 unspecified atom stereocenters. The Labute approximate surface area is 131 Å². The van der Waals surface area contributed by atoms with Gasteiger partial charge in [-0.05, 0) is 17.7 Å². The average Bonchev–Trinajstić information content (AvgIpc) is 2.45. The van der Waals surface area contributed by atoms with Crippen LogP contribution in [0.4, 0.5) is 4.39 Å². The Morgan fingerprint density at radius 2 is 1.76 bits per heavy atom. The minimum atomic E-state index is -4.10. The Balaban J connectivity index is 2.11. The molecular formula is C13H10Cl2FNO3S. The quantitative estimate of drug-likeness (QED) is 0.663. The number of benzene rings is 2. The molecule has 2 rings (SSSR count). The maximum atomic E-state index is 13.5. The fourth-order valence-corrected chi connectivity index (χ4v) is 3.08. The summed E-state index contributed by atoms with van der Waals surface area (Å²) in [5, 5.41) is -0.845. The largest absolute Gasteiger partial charge is 0.282 e. The van der Waals surface area contributed by atoms with Gasteiger partial charge in [0.05, 0.1) is 16.7 Å². The predicted octanol–water partition coefficient (Wildman–Crippen LogP) is 3.54. The van der Waals surface area contributed by atoms with E-state index in [0.717, 1.165) is 17.7 Å². The van der Waals surface area contributed by atoms with Crippen molar-refractivity contribution in [3.63, 3.8) is 0 Å². The van der Waals surface area contributed by atoms with Crippen LogP contribution in [-0.4, -0.2) is 8.42 Å².